The van der Waals surface area contributed by atoms with Crippen LogP contribution in [0, 0.1) is 10.1 Å². The van der Waals surface area contributed by atoms with Gasteiger partial charge in [0.25, 0.3) is 11.6 Å². The lowest BCUT2D eigenvalue weighted by Crippen LogP contribution is -2.12. The Morgan fingerprint density at radius 2 is 1.90 bits per heavy atom. The second-order valence-electron chi connectivity index (χ2n) is 4.56. The fraction of sp³-hybridized carbons (Fsp3) is 0.133. The van der Waals surface area contributed by atoms with Gasteiger partial charge in [-0.3, -0.25) is 14.9 Å². The number of anilines is 1. The van der Waals surface area contributed by atoms with Gasteiger partial charge in [0.1, 0.15) is 0 Å². The third-order valence-electron chi connectivity index (χ3n) is 2.97. The molecular formula is C15H14N2O4. The lowest BCUT2D eigenvalue weighted by molar-refractivity contribution is -0.384. The first-order chi connectivity index (χ1) is 9.97. The van der Waals surface area contributed by atoms with Crippen LogP contribution in [-0.4, -0.2) is 15.9 Å². The molecule has 6 heteroatoms. The number of aliphatic hydroxyl groups excluding tert-OH is 1. The minimum absolute atomic E-state index is 0.132. The molecular weight excluding hydrogens is 272 g/mol. The average Bonchev–Trinajstić information content (AvgIpc) is 2.48. The van der Waals surface area contributed by atoms with Gasteiger partial charge in [-0.15, -0.1) is 0 Å². The van der Waals surface area contributed by atoms with Gasteiger partial charge in [-0.25, -0.2) is 0 Å². The fourth-order valence-corrected chi connectivity index (χ4v) is 1.81. The number of aliphatic hydroxyl groups is 1. The molecule has 0 saturated heterocycles. The summed E-state index contributed by atoms with van der Waals surface area (Å²) in [6.45, 7) is 1.65. The Kier molecular flexibility index (Phi) is 4.30. The lowest BCUT2D eigenvalue weighted by atomic mass is 10.1. The van der Waals surface area contributed by atoms with Crippen LogP contribution in [0.4, 0.5) is 11.4 Å². The number of hydrogen-bond acceptors (Lipinski definition) is 4. The zero-order valence-electron chi connectivity index (χ0n) is 11.3. The van der Waals surface area contributed by atoms with Crippen molar-refractivity contribution in [3.63, 3.8) is 0 Å². The molecule has 0 fully saturated rings. The van der Waals surface area contributed by atoms with Crippen molar-refractivity contribution in [2.75, 3.05) is 5.32 Å². The Morgan fingerprint density at radius 3 is 2.48 bits per heavy atom. The predicted octanol–water partition coefficient (Wildman–Crippen LogP) is 2.90. The number of carbonyl (C=O) groups is 1. The molecule has 21 heavy (non-hydrogen) atoms. The molecule has 1 unspecified atom stereocenters. The summed E-state index contributed by atoms with van der Waals surface area (Å²) >= 11 is 0. The molecule has 0 aromatic heterocycles. The summed E-state index contributed by atoms with van der Waals surface area (Å²) in [6, 6.07) is 12.2. The molecule has 1 atom stereocenters. The fourth-order valence-electron chi connectivity index (χ4n) is 1.81. The standard InChI is InChI=1S/C15H14N2O4/c1-10(18)11-5-7-13(8-6-11)16-15(19)12-3-2-4-14(9-12)17(20)21/h2-10,18H,1H3,(H,16,19). The monoisotopic (exact) mass is 286 g/mol. The number of nitro benzene ring substituents is 1. The van der Waals surface area contributed by atoms with E-state index in [0.717, 1.165) is 5.56 Å². The molecule has 0 aliphatic carbocycles. The minimum atomic E-state index is -0.577. The Labute approximate surface area is 121 Å². The number of carbonyl (C=O) groups excluding carboxylic acids is 1. The molecule has 108 valence electrons. The van der Waals surface area contributed by atoms with Gasteiger partial charge in [-0.2, -0.15) is 0 Å². The maximum absolute atomic E-state index is 12.0. The highest BCUT2D eigenvalue weighted by atomic mass is 16.6. The summed E-state index contributed by atoms with van der Waals surface area (Å²) in [5, 5.41) is 22.7. The Bertz CT molecular complexity index is 666. The van der Waals surface area contributed by atoms with Crippen molar-refractivity contribution < 1.29 is 14.8 Å². The van der Waals surface area contributed by atoms with Gasteiger partial charge < -0.3 is 10.4 Å². The second kappa shape index (κ2) is 6.15. The summed E-state index contributed by atoms with van der Waals surface area (Å²) in [5.41, 5.74) is 1.37. The van der Waals surface area contributed by atoms with Crippen molar-refractivity contribution in [2.45, 2.75) is 13.0 Å². The van der Waals surface area contributed by atoms with E-state index >= 15 is 0 Å². The Morgan fingerprint density at radius 1 is 1.24 bits per heavy atom. The first kappa shape index (κ1) is 14.7. The number of amides is 1. The molecule has 0 spiro atoms. The van der Waals surface area contributed by atoms with Crippen molar-refractivity contribution in [3.05, 3.63) is 69.8 Å². The molecule has 0 heterocycles. The van der Waals surface area contributed by atoms with Crippen LogP contribution >= 0.6 is 0 Å². The van der Waals surface area contributed by atoms with Gasteiger partial charge in [-0.1, -0.05) is 18.2 Å². The number of nitrogens with zero attached hydrogens (tertiary/aromatic N) is 1. The summed E-state index contributed by atoms with van der Waals surface area (Å²) in [4.78, 5) is 22.2. The Hall–Kier alpha value is -2.73. The molecule has 0 aliphatic rings. The first-order valence-corrected chi connectivity index (χ1v) is 6.31. The van der Waals surface area contributed by atoms with E-state index < -0.39 is 16.9 Å². The van der Waals surface area contributed by atoms with Crippen molar-refractivity contribution >= 4 is 17.3 Å². The zero-order chi connectivity index (χ0) is 15.4. The Balaban J connectivity index is 2.14. The molecule has 6 nitrogen and oxygen atoms in total. The van der Waals surface area contributed by atoms with Crippen LogP contribution in [0.1, 0.15) is 28.9 Å². The summed E-state index contributed by atoms with van der Waals surface area (Å²) < 4.78 is 0. The minimum Gasteiger partial charge on any atom is -0.389 e. The lowest BCUT2D eigenvalue weighted by Gasteiger charge is -2.08. The third kappa shape index (κ3) is 3.64. The number of nitrogens with one attached hydrogen (secondary N) is 1. The molecule has 2 N–H and O–H groups in total. The summed E-state index contributed by atoms with van der Waals surface area (Å²) in [5.74, 6) is -0.427. The van der Waals surface area contributed by atoms with E-state index in [4.69, 9.17) is 0 Å². The molecule has 0 saturated carbocycles. The van der Waals surface area contributed by atoms with Crippen molar-refractivity contribution in [3.8, 4) is 0 Å². The third-order valence-corrected chi connectivity index (χ3v) is 2.97. The molecule has 2 aromatic rings. The highest BCUT2D eigenvalue weighted by Gasteiger charge is 2.11. The average molecular weight is 286 g/mol. The molecule has 1 amide bonds. The molecule has 2 aromatic carbocycles. The highest BCUT2D eigenvalue weighted by molar-refractivity contribution is 6.04. The normalized spacial score (nSPS) is 11.7. The maximum atomic E-state index is 12.0. The maximum Gasteiger partial charge on any atom is 0.270 e. The quantitative estimate of drug-likeness (QED) is 0.667. The SMILES string of the molecule is CC(O)c1ccc(NC(=O)c2cccc([N+](=O)[O-])c2)cc1. The van der Waals surface area contributed by atoms with Crippen molar-refractivity contribution in [2.24, 2.45) is 0 Å². The number of nitro groups is 1. The molecule has 0 aliphatic heterocycles. The van der Waals surface area contributed by atoms with E-state index in [9.17, 15) is 20.0 Å². The number of benzene rings is 2. The second-order valence-corrected chi connectivity index (χ2v) is 4.56. The first-order valence-electron chi connectivity index (χ1n) is 6.31. The van der Waals surface area contributed by atoms with Gasteiger partial charge in [-0.05, 0) is 30.7 Å². The van der Waals surface area contributed by atoms with Crippen LogP contribution in [0.25, 0.3) is 0 Å². The van der Waals surface area contributed by atoms with E-state index in [1.807, 2.05) is 0 Å². The van der Waals surface area contributed by atoms with Crippen LogP contribution in [0.3, 0.4) is 0 Å². The van der Waals surface area contributed by atoms with E-state index in [2.05, 4.69) is 5.32 Å². The smallest absolute Gasteiger partial charge is 0.270 e. The van der Waals surface area contributed by atoms with E-state index in [0.29, 0.717) is 5.69 Å². The molecule has 0 radical (unpaired) electrons. The van der Waals surface area contributed by atoms with E-state index in [-0.39, 0.29) is 11.3 Å². The molecule has 0 bridgehead atoms. The number of rotatable bonds is 4. The topological polar surface area (TPSA) is 92.5 Å². The van der Waals surface area contributed by atoms with Gasteiger partial charge >= 0.3 is 0 Å². The summed E-state index contributed by atoms with van der Waals surface area (Å²) in [6.07, 6.45) is -0.577. The number of non-ortho nitro benzene ring substituents is 1. The predicted molar refractivity (Wildman–Crippen MR) is 78.1 cm³/mol. The molecule has 2 rings (SSSR count). The van der Waals surface area contributed by atoms with Crippen LogP contribution in [0.15, 0.2) is 48.5 Å². The van der Waals surface area contributed by atoms with Gasteiger partial charge in [0.15, 0.2) is 0 Å². The largest absolute Gasteiger partial charge is 0.389 e. The van der Waals surface area contributed by atoms with Gasteiger partial charge in [0.2, 0.25) is 0 Å². The number of hydrogen-bond donors (Lipinski definition) is 2. The van der Waals surface area contributed by atoms with Crippen LogP contribution in [0.2, 0.25) is 0 Å². The van der Waals surface area contributed by atoms with Crippen molar-refractivity contribution in [1.82, 2.24) is 0 Å². The zero-order valence-corrected chi connectivity index (χ0v) is 11.3. The van der Waals surface area contributed by atoms with Crippen LogP contribution in [-0.2, 0) is 0 Å². The highest BCUT2D eigenvalue weighted by Crippen LogP contribution is 2.18. The van der Waals surface area contributed by atoms with E-state index in [1.165, 1.54) is 24.3 Å². The van der Waals surface area contributed by atoms with Gasteiger partial charge in [0, 0.05) is 23.4 Å². The van der Waals surface area contributed by atoms with Crippen LogP contribution in [0.5, 0.6) is 0 Å². The van der Waals surface area contributed by atoms with Crippen LogP contribution < -0.4 is 5.32 Å². The summed E-state index contributed by atoms with van der Waals surface area (Å²) in [7, 11) is 0. The van der Waals surface area contributed by atoms with Gasteiger partial charge in [0.05, 0.1) is 11.0 Å². The van der Waals surface area contributed by atoms with E-state index in [1.54, 1.807) is 31.2 Å². The van der Waals surface area contributed by atoms with Crippen molar-refractivity contribution in [1.29, 1.82) is 0 Å².